The third-order valence-electron chi connectivity index (χ3n) is 5.37. The fourth-order valence-corrected chi connectivity index (χ4v) is 3.83. The Bertz CT molecular complexity index is 645. The van der Waals surface area contributed by atoms with Crippen LogP contribution in [0.15, 0.2) is 24.3 Å². The number of likely N-dealkylation sites (tertiary alicyclic amines) is 1. The van der Waals surface area contributed by atoms with E-state index in [2.05, 4.69) is 29.7 Å². The summed E-state index contributed by atoms with van der Waals surface area (Å²) in [6.07, 6.45) is 2.26. The van der Waals surface area contributed by atoms with E-state index in [4.69, 9.17) is 0 Å². The van der Waals surface area contributed by atoms with Crippen LogP contribution in [0.25, 0.3) is 0 Å². The van der Waals surface area contributed by atoms with Crippen molar-refractivity contribution in [3.05, 3.63) is 35.4 Å². The van der Waals surface area contributed by atoms with Gasteiger partial charge in [0.05, 0.1) is 12.1 Å². The summed E-state index contributed by atoms with van der Waals surface area (Å²) < 4.78 is 0. The second-order valence-corrected chi connectivity index (χ2v) is 7.14. The molecule has 3 aliphatic rings. The maximum absolute atomic E-state index is 12.5. The summed E-state index contributed by atoms with van der Waals surface area (Å²) >= 11 is 0. The standard InChI is InChI=1S/C18H23N3O2/c1-11-6-16(11)21-10-14(8-17(21)22)20-18(23)15-7-12-4-2-3-5-13(12)9-19-15/h2-5,11,14-16,19H,6-10H2,1H3,(H,20,23)/t11-,14-,15-,16+/m1/s1. The molecule has 0 aromatic heterocycles. The van der Waals surface area contributed by atoms with E-state index in [9.17, 15) is 9.59 Å². The Kier molecular flexibility index (Phi) is 3.60. The second kappa shape index (κ2) is 5.64. The van der Waals surface area contributed by atoms with Crippen molar-refractivity contribution in [3.63, 3.8) is 0 Å². The van der Waals surface area contributed by atoms with Gasteiger partial charge >= 0.3 is 0 Å². The van der Waals surface area contributed by atoms with Gasteiger partial charge in [-0.15, -0.1) is 0 Å². The van der Waals surface area contributed by atoms with Crippen molar-refractivity contribution in [2.24, 2.45) is 5.92 Å². The van der Waals surface area contributed by atoms with Crippen LogP contribution in [0.4, 0.5) is 0 Å². The lowest BCUT2D eigenvalue weighted by molar-refractivity contribution is -0.128. The Balaban J connectivity index is 1.35. The predicted molar refractivity (Wildman–Crippen MR) is 86.6 cm³/mol. The van der Waals surface area contributed by atoms with Crippen LogP contribution in [0.2, 0.25) is 0 Å². The summed E-state index contributed by atoms with van der Waals surface area (Å²) in [5.41, 5.74) is 2.50. The third kappa shape index (κ3) is 2.85. The number of rotatable bonds is 3. The summed E-state index contributed by atoms with van der Waals surface area (Å²) in [6.45, 7) is 3.57. The minimum Gasteiger partial charge on any atom is -0.350 e. The van der Waals surface area contributed by atoms with E-state index < -0.39 is 0 Å². The zero-order chi connectivity index (χ0) is 16.0. The number of amides is 2. The van der Waals surface area contributed by atoms with E-state index in [0.717, 1.165) is 13.0 Å². The molecule has 2 aliphatic heterocycles. The molecule has 0 spiro atoms. The van der Waals surface area contributed by atoms with Crippen LogP contribution in [-0.4, -0.2) is 41.4 Å². The first kappa shape index (κ1) is 14.7. The van der Waals surface area contributed by atoms with E-state index >= 15 is 0 Å². The van der Waals surface area contributed by atoms with Crippen molar-refractivity contribution in [1.29, 1.82) is 0 Å². The Morgan fingerprint density at radius 3 is 2.74 bits per heavy atom. The van der Waals surface area contributed by atoms with Crippen LogP contribution in [0.5, 0.6) is 0 Å². The number of carbonyl (C=O) groups excluding carboxylic acids is 2. The van der Waals surface area contributed by atoms with Crippen LogP contribution >= 0.6 is 0 Å². The van der Waals surface area contributed by atoms with Gasteiger partial charge in [-0.25, -0.2) is 0 Å². The minimum absolute atomic E-state index is 0.0167. The Morgan fingerprint density at radius 1 is 1.26 bits per heavy atom. The SMILES string of the molecule is C[C@@H]1C[C@@H]1N1C[C@H](NC(=O)[C@H]2Cc3ccccc3CN2)CC1=O. The number of hydrogen-bond acceptors (Lipinski definition) is 3. The van der Waals surface area contributed by atoms with E-state index in [1.54, 1.807) is 0 Å². The van der Waals surface area contributed by atoms with Gasteiger partial charge in [-0.3, -0.25) is 9.59 Å². The van der Waals surface area contributed by atoms with E-state index in [0.29, 0.717) is 31.3 Å². The molecule has 5 nitrogen and oxygen atoms in total. The molecule has 2 fully saturated rings. The Labute approximate surface area is 136 Å². The van der Waals surface area contributed by atoms with Gasteiger partial charge in [0.2, 0.25) is 11.8 Å². The summed E-state index contributed by atoms with van der Waals surface area (Å²) in [6, 6.07) is 8.40. The van der Waals surface area contributed by atoms with Crippen LogP contribution in [0, 0.1) is 5.92 Å². The van der Waals surface area contributed by atoms with Crippen LogP contribution in [-0.2, 0) is 22.6 Å². The van der Waals surface area contributed by atoms with Crippen molar-refractivity contribution in [2.45, 2.75) is 50.9 Å². The fraction of sp³-hybridized carbons (Fsp3) is 0.556. The predicted octanol–water partition coefficient (Wildman–Crippen LogP) is 0.826. The lowest BCUT2D eigenvalue weighted by Crippen LogP contribution is -2.51. The van der Waals surface area contributed by atoms with Gasteiger partial charge < -0.3 is 15.5 Å². The molecule has 0 radical (unpaired) electrons. The lowest BCUT2D eigenvalue weighted by Gasteiger charge is -2.26. The molecule has 1 aliphatic carbocycles. The van der Waals surface area contributed by atoms with Gasteiger partial charge in [0.15, 0.2) is 0 Å². The average molecular weight is 313 g/mol. The van der Waals surface area contributed by atoms with Crippen molar-refractivity contribution in [2.75, 3.05) is 6.54 Å². The number of fused-ring (bicyclic) bond motifs is 1. The molecule has 122 valence electrons. The van der Waals surface area contributed by atoms with Crippen LogP contribution in [0.3, 0.4) is 0 Å². The fourth-order valence-electron chi connectivity index (χ4n) is 3.83. The molecule has 1 saturated heterocycles. The van der Waals surface area contributed by atoms with Crippen molar-refractivity contribution < 1.29 is 9.59 Å². The van der Waals surface area contributed by atoms with Crippen LogP contribution in [0.1, 0.15) is 30.9 Å². The Hall–Kier alpha value is -1.88. The van der Waals surface area contributed by atoms with Gasteiger partial charge in [-0.05, 0) is 29.9 Å². The molecule has 0 bridgehead atoms. The average Bonchev–Trinajstić information content (AvgIpc) is 3.16. The van der Waals surface area contributed by atoms with Crippen molar-refractivity contribution in [3.8, 4) is 0 Å². The quantitative estimate of drug-likeness (QED) is 0.869. The molecule has 0 unspecified atom stereocenters. The molecule has 1 aromatic rings. The van der Waals surface area contributed by atoms with E-state index in [-0.39, 0.29) is 23.9 Å². The number of nitrogens with zero attached hydrogens (tertiary/aromatic N) is 1. The third-order valence-corrected chi connectivity index (χ3v) is 5.37. The first-order valence-electron chi connectivity index (χ1n) is 8.52. The topological polar surface area (TPSA) is 61.4 Å². The highest BCUT2D eigenvalue weighted by molar-refractivity contribution is 5.85. The maximum Gasteiger partial charge on any atom is 0.237 e. The molecule has 2 heterocycles. The van der Waals surface area contributed by atoms with E-state index in [1.165, 1.54) is 11.1 Å². The first-order valence-corrected chi connectivity index (χ1v) is 8.52. The van der Waals surface area contributed by atoms with E-state index in [1.807, 2.05) is 17.0 Å². The minimum atomic E-state index is -0.200. The molecule has 23 heavy (non-hydrogen) atoms. The summed E-state index contributed by atoms with van der Waals surface area (Å²) in [4.78, 5) is 26.6. The smallest absolute Gasteiger partial charge is 0.237 e. The molecule has 1 aromatic carbocycles. The molecule has 2 N–H and O–H groups in total. The molecule has 4 atom stereocenters. The van der Waals surface area contributed by atoms with Gasteiger partial charge in [0.1, 0.15) is 0 Å². The highest BCUT2D eigenvalue weighted by Gasteiger charge is 2.45. The highest BCUT2D eigenvalue weighted by atomic mass is 16.2. The number of hydrogen-bond donors (Lipinski definition) is 2. The Morgan fingerprint density at radius 2 is 2.00 bits per heavy atom. The highest BCUT2D eigenvalue weighted by Crippen LogP contribution is 2.37. The molecular weight excluding hydrogens is 290 g/mol. The summed E-state index contributed by atoms with van der Waals surface area (Å²) in [5, 5.41) is 6.38. The molecule has 4 rings (SSSR count). The largest absolute Gasteiger partial charge is 0.350 e. The first-order chi connectivity index (χ1) is 11.1. The van der Waals surface area contributed by atoms with Crippen LogP contribution < -0.4 is 10.6 Å². The van der Waals surface area contributed by atoms with Crippen molar-refractivity contribution in [1.82, 2.24) is 15.5 Å². The normalized spacial score (nSPS) is 32.6. The van der Waals surface area contributed by atoms with Gasteiger partial charge in [-0.2, -0.15) is 0 Å². The van der Waals surface area contributed by atoms with Gasteiger partial charge in [-0.1, -0.05) is 31.2 Å². The lowest BCUT2D eigenvalue weighted by atomic mass is 9.95. The molecule has 2 amide bonds. The maximum atomic E-state index is 12.5. The molecule has 5 heteroatoms. The zero-order valence-electron chi connectivity index (χ0n) is 13.4. The summed E-state index contributed by atoms with van der Waals surface area (Å²) in [7, 11) is 0. The zero-order valence-corrected chi connectivity index (χ0v) is 13.4. The van der Waals surface area contributed by atoms with Gasteiger partial charge in [0, 0.05) is 25.6 Å². The number of nitrogens with one attached hydrogen (secondary N) is 2. The van der Waals surface area contributed by atoms with Crippen molar-refractivity contribution >= 4 is 11.8 Å². The molecule has 1 saturated carbocycles. The second-order valence-electron chi connectivity index (χ2n) is 7.14. The number of carbonyl (C=O) groups is 2. The molecular formula is C18H23N3O2. The van der Waals surface area contributed by atoms with Gasteiger partial charge in [0.25, 0.3) is 0 Å². The number of benzene rings is 1. The monoisotopic (exact) mass is 313 g/mol. The summed E-state index contributed by atoms with van der Waals surface area (Å²) in [5.74, 6) is 0.819.